The van der Waals surface area contributed by atoms with Gasteiger partial charge in [0.05, 0.1) is 0 Å². The Morgan fingerprint density at radius 3 is 1.32 bits per heavy atom. The van der Waals surface area contributed by atoms with Crippen molar-refractivity contribution in [2.45, 2.75) is 0 Å². The van der Waals surface area contributed by atoms with E-state index >= 15 is 0 Å². The largest absolute Gasteiger partial charge is 0.286 e. The number of rotatable bonds is 4. The van der Waals surface area contributed by atoms with E-state index in [0.29, 0.717) is 10.0 Å². The summed E-state index contributed by atoms with van der Waals surface area (Å²) < 4.78 is 0.0514. The number of hydrogen-bond donors (Lipinski definition) is 2. The summed E-state index contributed by atoms with van der Waals surface area (Å²) in [6.45, 7) is 0. The Morgan fingerprint density at radius 2 is 1.00 bits per heavy atom. The number of amides is 4. The van der Waals surface area contributed by atoms with Crippen LogP contribution >= 0.6 is 71.2 Å². The fourth-order valence-electron chi connectivity index (χ4n) is 2.74. The summed E-state index contributed by atoms with van der Waals surface area (Å²) in [5.74, 6) is -2.56. The molecular weight excluding hydrogens is 559 g/mol. The molecule has 2 fully saturated rings. The molecule has 2 aliphatic rings. The monoisotopic (exact) mass is 568 g/mol. The summed E-state index contributed by atoms with van der Waals surface area (Å²) in [5, 5.41) is 2.66. The summed E-state index contributed by atoms with van der Waals surface area (Å²) in [5.41, 5.74) is 5.36. The lowest BCUT2D eigenvalue weighted by molar-refractivity contribution is -0.126. The van der Waals surface area contributed by atoms with Crippen LogP contribution < -0.4 is 10.9 Å². The van der Waals surface area contributed by atoms with Gasteiger partial charge in [-0.05, 0) is 73.0 Å². The van der Waals surface area contributed by atoms with Crippen molar-refractivity contribution in [2.75, 3.05) is 0 Å². The molecule has 4 rings (SSSR count). The summed E-state index contributed by atoms with van der Waals surface area (Å²) in [7, 11) is 0. The van der Waals surface area contributed by atoms with Crippen LogP contribution in [0.4, 0.5) is 0 Å². The minimum Gasteiger partial charge on any atom is -0.267 e. The van der Waals surface area contributed by atoms with Crippen LogP contribution in [0.3, 0.4) is 0 Å². The fourth-order valence-corrected chi connectivity index (χ4v) is 5.50. The molecule has 4 amide bonds. The number of carbonyl (C=O) groups excluding carboxylic acids is 4. The quantitative estimate of drug-likeness (QED) is 0.423. The van der Waals surface area contributed by atoms with Crippen molar-refractivity contribution in [3.63, 3.8) is 0 Å². The highest BCUT2D eigenvalue weighted by atomic mass is 35.5. The average molecular weight is 569 g/mol. The van der Waals surface area contributed by atoms with E-state index < -0.39 is 23.6 Å². The molecule has 0 radical (unpaired) electrons. The second-order valence-corrected chi connectivity index (χ2v) is 10.7. The first-order chi connectivity index (χ1) is 16.2. The summed E-state index contributed by atoms with van der Waals surface area (Å²) in [6.07, 6.45) is 0. The van der Waals surface area contributed by atoms with Gasteiger partial charge >= 0.3 is 0 Å². The lowest BCUT2D eigenvalue weighted by Gasteiger charge is -2.16. The highest BCUT2D eigenvalue weighted by molar-refractivity contribution is 8.29. The van der Waals surface area contributed by atoms with Crippen LogP contribution in [0.15, 0.2) is 58.3 Å². The lowest BCUT2D eigenvalue weighted by Crippen LogP contribution is -2.45. The van der Waals surface area contributed by atoms with Gasteiger partial charge in [0, 0.05) is 21.2 Å². The molecule has 172 valence electrons. The summed E-state index contributed by atoms with van der Waals surface area (Å²) in [4.78, 5) is 50.9. The van der Waals surface area contributed by atoms with Gasteiger partial charge in [-0.15, -0.1) is 0 Å². The van der Waals surface area contributed by atoms with Gasteiger partial charge in [0.2, 0.25) is 0 Å². The standard InChI is InChI=1S/C20H10Cl2N4O4S4/c21-11-5-1-9(2-6-11)15(27)23-25-17(29)13(33-19(25)31)14-18(30)26(20(32)34-14)24-16(28)10-3-7-12(22)8-4-10/h1-8H,(H,23,27)(H,24,28). The van der Waals surface area contributed by atoms with E-state index in [1.165, 1.54) is 48.5 Å². The van der Waals surface area contributed by atoms with Gasteiger partial charge in [-0.1, -0.05) is 46.7 Å². The molecule has 14 heteroatoms. The van der Waals surface area contributed by atoms with Gasteiger partial charge in [0.25, 0.3) is 23.6 Å². The molecule has 2 aromatic rings. The van der Waals surface area contributed by atoms with Crippen molar-refractivity contribution in [1.82, 2.24) is 20.9 Å². The van der Waals surface area contributed by atoms with Crippen molar-refractivity contribution in [3.05, 3.63) is 79.5 Å². The number of hydrazine groups is 2. The van der Waals surface area contributed by atoms with Crippen molar-refractivity contribution in [2.24, 2.45) is 0 Å². The lowest BCUT2D eigenvalue weighted by atomic mass is 10.2. The minimum atomic E-state index is -0.693. The van der Waals surface area contributed by atoms with E-state index in [9.17, 15) is 19.2 Å². The second-order valence-electron chi connectivity index (χ2n) is 6.57. The van der Waals surface area contributed by atoms with Crippen LogP contribution in [0.2, 0.25) is 10.0 Å². The van der Waals surface area contributed by atoms with Crippen molar-refractivity contribution in [3.8, 4) is 0 Å². The molecule has 0 aliphatic carbocycles. The number of nitrogens with zero attached hydrogens (tertiary/aromatic N) is 2. The number of thioether (sulfide) groups is 2. The van der Waals surface area contributed by atoms with E-state index in [4.69, 9.17) is 47.6 Å². The summed E-state index contributed by atoms with van der Waals surface area (Å²) >= 11 is 23.8. The normalized spacial score (nSPS) is 18.1. The third kappa shape index (κ3) is 4.97. The molecule has 34 heavy (non-hydrogen) atoms. The Balaban J connectivity index is 1.50. The Hall–Kier alpha value is -2.48. The molecule has 2 saturated heterocycles. The minimum absolute atomic E-state index is 0.0120. The number of carbonyl (C=O) groups is 4. The Bertz CT molecular complexity index is 1200. The van der Waals surface area contributed by atoms with Gasteiger partial charge in [-0.3, -0.25) is 30.0 Å². The molecule has 0 atom stereocenters. The Labute approximate surface area is 221 Å². The van der Waals surface area contributed by atoms with E-state index in [0.717, 1.165) is 33.5 Å². The molecule has 2 N–H and O–H groups in total. The van der Waals surface area contributed by atoms with Crippen LogP contribution in [0.5, 0.6) is 0 Å². The molecule has 0 saturated carbocycles. The average Bonchev–Trinajstić information content (AvgIpc) is 3.24. The summed E-state index contributed by atoms with van der Waals surface area (Å²) in [6, 6.07) is 12.1. The van der Waals surface area contributed by atoms with E-state index in [1.807, 2.05) is 0 Å². The van der Waals surface area contributed by atoms with Gasteiger partial charge < -0.3 is 0 Å². The number of benzene rings is 2. The predicted molar refractivity (Wildman–Crippen MR) is 139 cm³/mol. The number of thiocarbonyl (C=S) groups is 2. The van der Waals surface area contributed by atoms with E-state index in [1.54, 1.807) is 0 Å². The predicted octanol–water partition coefficient (Wildman–Crippen LogP) is 3.92. The molecule has 0 unspecified atom stereocenters. The molecule has 2 aliphatic heterocycles. The SMILES string of the molecule is O=C(NN1C(=O)C(=C2SC(=S)N(NC(=O)c3ccc(Cl)cc3)C2=O)SC1=S)c1ccc(Cl)cc1. The van der Waals surface area contributed by atoms with E-state index in [2.05, 4.69) is 10.9 Å². The molecule has 0 spiro atoms. The first kappa shape index (κ1) is 24.6. The maximum atomic E-state index is 13.0. The van der Waals surface area contributed by atoms with Crippen LogP contribution in [-0.4, -0.2) is 42.3 Å². The zero-order valence-electron chi connectivity index (χ0n) is 16.5. The second kappa shape index (κ2) is 10.0. The molecule has 0 aromatic heterocycles. The van der Waals surface area contributed by atoms with Gasteiger partial charge in [-0.25, -0.2) is 0 Å². The third-order valence-corrected chi connectivity index (χ3v) is 7.76. The number of hydrogen-bond acceptors (Lipinski definition) is 8. The maximum Gasteiger partial charge on any atom is 0.286 e. The van der Waals surface area contributed by atoms with Crippen molar-refractivity contribution < 1.29 is 19.2 Å². The number of halogens is 2. The third-order valence-electron chi connectivity index (χ3n) is 4.38. The molecule has 2 aromatic carbocycles. The van der Waals surface area contributed by atoms with Gasteiger partial charge in [0.15, 0.2) is 8.64 Å². The van der Waals surface area contributed by atoms with Gasteiger partial charge in [-0.2, -0.15) is 10.0 Å². The van der Waals surface area contributed by atoms with Crippen LogP contribution in [0.25, 0.3) is 0 Å². The van der Waals surface area contributed by atoms with Crippen molar-refractivity contribution in [1.29, 1.82) is 0 Å². The van der Waals surface area contributed by atoms with Crippen molar-refractivity contribution >= 4 is 103 Å². The smallest absolute Gasteiger partial charge is 0.267 e. The first-order valence-corrected chi connectivity index (χ1v) is 12.4. The van der Waals surface area contributed by atoms with Crippen LogP contribution in [0.1, 0.15) is 20.7 Å². The van der Waals surface area contributed by atoms with Gasteiger partial charge in [0.1, 0.15) is 9.81 Å². The highest BCUT2D eigenvalue weighted by Crippen LogP contribution is 2.41. The molecule has 8 nitrogen and oxygen atoms in total. The Kier molecular flexibility index (Phi) is 7.26. The first-order valence-electron chi connectivity index (χ1n) is 9.15. The van der Waals surface area contributed by atoms with Crippen LogP contribution in [-0.2, 0) is 9.59 Å². The van der Waals surface area contributed by atoms with E-state index in [-0.39, 0.29) is 29.6 Å². The highest BCUT2D eigenvalue weighted by Gasteiger charge is 2.43. The molecule has 0 bridgehead atoms. The van der Waals surface area contributed by atoms with Crippen LogP contribution in [0, 0.1) is 0 Å². The fraction of sp³-hybridized carbons (Fsp3) is 0. The number of nitrogens with one attached hydrogen (secondary N) is 2. The maximum absolute atomic E-state index is 13.0. The molecule has 2 heterocycles. The molecular formula is C20H10Cl2N4O4S4. The zero-order valence-corrected chi connectivity index (χ0v) is 21.3. The topological polar surface area (TPSA) is 98.8 Å². The Morgan fingerprint density at radius 1 is 0.676 bits per heavy atom. The zero-order chi connectivity index (χ0) is 24.6.